The van der Waals surface area contributed by atoms with E-state index < -0.39 is 0 Å². The smallest absolute Gasteiger partial charge is 0.0991 e. The summed E-state index contributed by atoms with van der Waals surface area (Å²) in [5, 5.41) is 39.6. The van der Waals surface area contributed by atoms with Crippen molar-refractivity contribution < 1.29 is 0 Å². The molecule has 0 saturated heterocycles. The van der Waals surface area contributed by atoms with Crippen molar-refractivity contribution >= 4 is 86.2 Å². The van der Waals surface area contributed by atoms with Gasteiger partial charge in [0.15, 0.2) is 0 Å². The zero-order valence-electron chi connectivity index (χ0n) is 30.1. The molecule has 254 valence electrons. The van der Waals surface area contributed by atoms with Crippen LogP contribution in [-0.4, -0.2) is 0 Å². The van der Waals surface area contributed by atoms with Crippen LogP contribution in [0.1, 0.15) is 11.1 Å². The summed E-state index contributed by atoms with van der Waals surface area (Å²) in [5.74, 6) is 0. The number of rotatable bonds is 3. The molecule has 0 aliphatic carbocycles. The average Bonchev–Trinajstić information content (AvgIpc) is 3.77. The minimum absolute atomic E-state index is 0.625. The van der Waals surface area contributed by atoms with Crippen LogP contribution in [0.3, 0.4) is 0 Å². The molecule has 0 spiro atoms. The fraction of sp³-hybridized carbons (Fsp3) is 0. The Morgan fingerprint density at radius 3 is 1.54 bits per heavy atom. The maximum atomic E-state index is 10.2. The SMILES string of the molecule is N#Cc1cccc(-c2c3cc4c5ccccc5c5cccc(c3c(-c3cccc(C#N)c3)c3c6ccc(-c7cccc8ccccc78)c7cccc(c23)c76)c54)c1. The van der Waals surface area contributed by atoms with Gasteiger partial charge >= 0.3 is 0 Å². The van der Waals surface area contributed by atoms with E-state index in [4.69, 9.17) is 0 Å². The quantitative estimate of drug-likeness (QED) is 0.172. The van der Waals surface area contributed by atoms with Crippen molar-refractivity contribution in [3.8, 4) is 45.5 Å². The molecule has 2 nitrogen and oxygen atoms in total. The van der Waals surface area contributed by atoms with Gasteiger partial charge in [0.1, 0.15) is 0 Å². The Morgan fingerprint density at radius 1 is 0.286 bits per heavy atom. The van der Waals surface area contributed by atoms with Crippen molar-refractivity contribution in [3.63, 3.8) is 0 Å². The molecule has 0 N–H and O–H groups in total. The van der Waals surface area contributed by atoms with Crippen LogP contribution in [0.5, 0.6) is 0 Å². The van der Waals surface area contributed by atoms with E-state index in [1.807, 2.05) is 36.4 Å². The van der Waals surface area contributed by atoms with Crippen molar-refractivity contribution in [3.05, 3.63) is 181 Å². The largest absolute Gasteiger partial charge is 0.192 e. The van der Waals surface area contributed by atoms with E-state index in [2.05, 4.69) is 146 Å². The molecule has 0 radical (unpaired) electrons. The first-order valence-electron chi connectivity index (χ1n) is 19.0. The van der Waals surface area contributed by atoms with E-state index >= 15 is 0 Å². The van der Waals surface area contributed by atoms with E-state index in [9.17, 15) is 10.5 Å². The van der Waals surface area contributed by atoms with Gasteiger partial charge in [-0.15, -0.1) is 0 Å². The maximum absolute atomic E-state index is 10.2. The molecule has 12 rings (SSSR count). The Bertz CT molecular complexity index is 3720. The van der Waals surface area contributed by atoms with Gasteiger partial charge in [-0.05, 0) is 150 Å². The monoisotopic (exact) mass is 704 g/mol. The third-order valence-corrected chi connectivity index (χ3v) is 12.2. The van der Waals surface area contributed by atoms with E-state index in [0.29, 0.717) is 11.1 Å². The lowest BCUT2D eigenvalue weighted by molar-refractivity contribution is 1.48. The number of hydrogen-bond acceptors (Lipinski definition) is 2. The topological polar surface area (TPSA) is 47.6 Å². The minimum atomic E-state index is 0.625. The normalized spacial score (nSPS) is 11.9. The Labute approximate surface area is 322 Å². The van der Waals surface area contributed by atoms with Gasteiger partial charge < -0.3 is 0 Å². The van der Waals surface area contributed by atoms with Gasteiger partial charge in [0.05, 0.1) is 23.3 Å². The predicted molar refractivity (Wildman–Crippen MR) is 235 cm³/mol. The van der Waals surface area contributed by atoms with E-state index in [-0.39, 0.29) is 0 Å². The van der Waals surface area contributed by atoms with Crippen LogP contribution < -0.4 is 0 Å². The second-order valence-electron chi connectivity index (χ2n) is 14.9. The molecular formula is C54H28N2. The summed E-state index contributed by atoms with van der Waals surface area (Å²) in [6.45, 7) is 0. The minimum Gasteiger partial charge on any atom is -0.192 e. The first kappa shape index (κ1) is 30.7. The lowest BCUT2D eigenvalue weighted by atomic mass is 9.83. The molecule has 0 saturated carbocycles. The molecule has 0 bridgehead atoms. The van der Waals surface area contributed by atoms with Gasteiger partial charge in [0, 0.05) is 0 Å². The van der Waals surface area contributed by atoms with Crippen molar-refractivity contribution in [2.45, 2.75) is 0 Å². The molecule has 2 heteroatoms. The Balaban J connectivity index is 1.38. The van der Waals surface area contributed by atoms with Crippen LogP contribution in [0, 0.1) is 22.7 Å². The Morgan fingerprint density at radius 2 is 0.786 bits per heavy atom. The number of fused-ring (bicyclic) bond motifs is 9. The van der Waals surface area contributed by atoms with Gasteiger partial charge in [0.2, 0.25) is 0 Å². The lowest BCUT2D eigenvalue weighted by Gasteiger charge is -2.19. The summed E-state index contributed by atoms with van der Waals surface area (Å²) in [6, 6.07) is 65.4. The standard InChI is InChI=1S/C54H28N2/c55-29-31-10-5-14-34(26-31)48-47-28-46-39-18-4-3-17-38(39)41-20-8-22-43(51(41)46)52(47)49(35-15-6-11-32(27-35)30-56)54-45-25-24-40(42-21-9-23-44(50(42)45)53(48)54)37-19-7-13-33-12-1-2-16-36(33)37/h1-28H. The lowest BCUT2D eigenvalue weighted by Crippen LogP contribution is -1.92. The van der Waals surface area contributed by atoms with Crippen LogP contribution in [-0.2, 0) is 0 Å². The summed E-state index contributed by atoms with van der Waals surface area (Å²) in [7, 11) is 0. The van der Waals surface area contributed by atoms with Crippen molar-refractivity contribution in [2.75, 3.05) is 0 Å². The maximum Gasteiger partial charge on any atom is 0.0991 e. The zero-order chi connectivity index (χ0) is 37.1. The number of nitriles is 2. The van der Waals surface area contributed by atoms with E-state index in [0.717, 1.165) is 43.8 Å². The highest BCUT2D eigenvalue weighted by Gasteiger charge is 2.27. The first-order chi connectivity index (χ1) is 27.7. The predicted octanol–water partition coefficient (Wildman–Crippen LogP) is 14.5. The average molecular weight is 705 g/mol. The molecule has 0 heterocycles. The summed E-state index contributed by atoms with van der Waals surface area (Å²) in [5.41, 5.74) is 7.93. The highest BCUT2D eigenvalue weighted by molar-refractivity contribution is 6.45. The third-order valence-electron chi connectivity index (χ3n) is 12.2. The van der Waals surface area contributed by atoms with Crippen molar-refractivity contribution in [2.24, 2.45) is 0 Å². The van der Waals surface area contributed by atoms with Gasteiger partial charge in [-0.3, -0.25) is 0 Å². The Hall–Kier alpha value is -7.78. The van der Waals surface area contributed by atoms with Gasteiger partial charge in [-0.1, -0.05) is 140 Å². The van der Waals surface area contributed by atoms with Crippen molar-refractivity contribution in [1.29, 1.82) is 10.5 Å². The molecule has 0 unspecified atom stereocenters. The fourth-order valence-corrected chi connectivity index (χ4v) is 9.98. The first-order valence-corrected chi connectivity index (χ1v) is 19.0. The molecule has 0 atom stereocenters. The second-order valence-corrected chi connectivity index (χ2v) is 14.9. The molecular weight excluding hydrogens is 677 g/mol. The highest BCUT2D eigenvalue weighted by atomic mass is 14.3. The van der Waals surface area contributed by atoms with Gasteiger partial charge in [-0.25, -0.2) is 0 Å². The van der Waals surface area contributed by atoms with Gasteiger partial charge in [-0.2, -0.15) is 10.5 Å². The van der Waals surface area contributed by atoms with Crippen LogP contribution in [0.4, 0.5) is 0 Å². The second kappa shape index (κ2) is 11.4. The zero-order valence-corrected chi connectivity index (χ0v) is 30.1. The summed E-state index contributed by atoms with van der Waals surface area (Å²) in [6.07, 6.45) is 0. The fourth-order valence-electron chi connectivity index (χ4n) is 9.98. The van der Waals surface area contributed by atoms with Crippen molar-refractivity contribution in [1.82, 2.24) is 0 Å². The summed E-state index contributed by atoms with van der Waals surface area (Å²) in [4.78, 5) is 0. The molecule has 0 aromatic heterocycles. The molecule has 12 aromatic carbocycles. The molecule has 0 aliphatic heterocycles. The van der Waals surface area contributed by atoms with Gasteiger partial charge in [0.25, 0.3) is 0 Å². The molecule has 0 aliphatic rings. The van der Waals surface area contributed by atoms with Crippen LogP contribution in [0.15, 0.2) is 170 Å². The van der Waals surface area contributed by atoms with Crippen LogP contribution in [0.25, 0.3) is 120 Å². The number of benzene rings is 10. The van der Waals surface area contributed by atoms with E-state index in [1.165, 1.54) is 75.8 Å². The Kier molecular flexibility index (Phi) is 6.22. The summed E-state index contributed by atoms with van der Waals surface area (Å²) < 4.78 is 0. The van der Waals surface area contributed by atoms with E-state index in [1.54, 1.807) is 0 Å². The summed E-state index contributed by atoms with van der Waals surface area (Å²) >= 11 is 0. The molecule has 0 amide bonds. The number of nitrogens with zero attached hydrogens (tertiary/aromatic N) is 2. The molecule has 12 aromatic rings. The molecule has 56 heavy (non-hydrogen) atoms. The van der Waals surface area contributed by atoms with Crippen LogP contribution in [0.2, 0.25) is 0 Å². The highest BCUT2D eigenvalue weighted by Crippen LogP contribution is 2.55. The number of hydrogen-bond donors (Lipinski definition) is 0. The van der Waals surface area contributed by atoms with Crippen LogP contribution >= 0.6 is 0 Å². The molecule has 0 fully saturated rings. The third kappa shape index (κ3) is 4.03.